The minimum atomic E-state index is -0.963. The summed E-state index contributed by atoms with van der Waals surface area (Å²) >= 11 is 0. The van der Waals surface area contributed by atoms with Crippen molar-refractivity contribution in [3.8, 4) is 17.0 Å². The Morgan fingerprint density at radius 1 is 1.19 bits per heavy atom. The van der Waals surface area contributed by atoms with E-state index in [2.05, 4.69) is 16.5 Å². The van der Waals surface area contributed by atoms with E-state index in [9.17, 15) is 9.59 Å². The van der Waals surface area contributed by atoms with Crippen LogP contribution in [0.15, 0.2) is 30.3 Å². The molecule has 0 radical (unpaired) electrons. The van der Waals surface area contributed by atoms with Crippen molar-refractivity contribution in [2.45, 2.75) is 51.5 Å². The molecule has 1 fully saturated rings. The van der Waals surface area contributed by atoms with Crippen LogP contribution >= 0.6 is 0 Å². The summed E-state index contributed by atoms with van der Waals surface area (Å²) in [5, 5.41) is 14.8. The van der Waals surface area contributed by atoms with Gasteiger partial charge in [0, 0.05) is 35.6 Å². The van der Waals surface area contributed by atoms with Gasteiger partial charge in [-0.1, -0.05) is 18.2 Å². The van der Waals surface area contributed by atoms with Crippen LogP contribution in [0.5, 0.6) is 5.88 Å². The van der Waals surface area contributed by atoms with Gasteiger partial charge in [-0.2, -0.15) is 4.52 Å². The van der Waals surface area contributed by atoms with Gasteiger partial charge in [0.1, 0.15) is 0 Å². The maximum absolute atomic E-state index is 11.9. The van der Waals surface area contributed by atoms with Crippen molar-refractivity contribution >= 4 is 17.5 Å². The van der Waals surface area contributed by atoms with Crippen molar-refractivity contribution in [1.82, 2.24) is 19.9 Å². The number of pyridine rings is 1. The molecule has 0 atom stereocenters. The Morgan fingerprint density at radius 3 is 2.55 bits per heavy atom. The monoisotopic (exact) mass is 422 g/mol. The highest BCUT2D eigenvalue weighted by Crippen LogP contribution is 2.39. The number of hydrogen-bond donors (Lipinski definition) is 2. The second-order valence-corrected chi connectivity index (χ2v) is 8.17. The highest BCUT2D eigenvalue weighted by atomic mass is 16.5. The molecule has 1 saturated carbocycles. The number of carbonyl (C=O) groups excluding carboxylic acids is 1. The van der Waals surface area contributed by atoms with Gasteiger partial charge in [-0.25, -0.2) is 9.78 Å². The largest absolute Gasteiger partial charge is 0.481 e. The highest BCUT2D eigenvalue weighted by molar-refractivity contribution is 6.01. The van der Waals surface area contributed by atoms with E-state index < -0.39 is 6.09 Å². The van der Waals surface area contributed by atoms with Gasteiger partial charge in [-0.3, -0.25) is 4.79 Å². The summed E-state index contributed by atoms with van der Waals surface area (Å²) < 4.78 is 7.23. The second-order valence-electron chi connectivity index (χ2n) is 8.17. The molecule has 1 amide bonds. The van der Waals surface area contributed by atoms with Gasteiger partial charge in [0.05, 0.1) is 7.11 Å². The van der Waals surface area contributed by atoms with Gasteiger partial charge in [-0.15, -0.1) is 5.10 Å². The molecule has 0 bridgehead atoms. The molecular formula is C23H26N4O4. The first kappa shape index (κ1) is 20.8. The average molecular weight is 422 g/mol. The molecule has 0 unspecified atom stereocenters. The topological polar surface area (TPSA) is 106 Å². The number of carboxylic acid groups (broad SMARTS) is 1. The molecule has 1 aromatic carbocycles. The number of aryl methyl sites for hydroxylation is 1. The van der Waals surface area contributed by atoms with Gasteiger partial charge in [0.15, 0.2) is 17.3 Å². The van der Waals surface area contributed by atoms with E-state index in [4.69, 9.17) is 14.8 Å². The van der Waals surface area contributed by atoms with Crippen LogP contribution in [0.2, 0.25) is 0 Å². The smallest absolute Gasteiger partial charge is 0.404 e. The molecule has 2 aliphatic carbocycles. The fourth-order valence-electron chi connectivity index (χ4n) is 3.72. The summed E-state index contributed by atoms with van der Waals surface area (Å²) in [6, 6.07) is 10.0. The quantitative estimate of drug-likeness (QED) is 0.656. The fraction of sp³-hybridized carbons (Fsp3) is 0.391. The zero-order valence-corrected chi connectivity index (χ0v) is 17.9. The second kappa shape index (κ2) is 8.37. The van der Waals surface area contributed by atoms with Crippen molar-refractivity contribution in [3.63, 3.8) is 0 Å². The standard InChI is InChI=1S/C19H17N3O2.C4H9NO2/c1-24-17-9-7-15(19-20-18(11-2-3-11)21-22(17)19)13-4-6-14-12(10-13)5-8-16(14)23;1-3(2)5-4(6)7/h4,6-7,9-11H,2-3,5,8H2,1H3;3,5H,1-2H3,(H,6,7). The molecule has 2 aromatic heterocycles. The van der Waals surface area contributed by atoms with Crippen molar-refractivity contribution < 1.29 is 19.4 Å². The first-order valence-corrected chi connectivity index (χ1v) is 10.5. The Labute approximate surface area is 180 Å². The molecule has 0 aliphatic heterocycles. The zero-order chi connectivity index (χ0) is 22.1. The lowest BCUT2D eigenvalue weighted by Gasteiger charge is -2.08. The molecule has 3 aromatic rings. The van der Waals surface area contributed by atoms with Crippen molar-refractivity contribution in [2.75, 3.05) is 7.11 Å². The Hall–Kier alpha value is -3.42. The molecule has 31 heavy (non-hydrogen) atoms. The Balaban J connectivity index is 0.000000289. The third-order valence-electron chi connectivity index (χ3n) is 5.37. The number of nitrogens with zero attached hydrogens (tertiary/aromatic N) is 3. The van der Waals surface area contributed by atoms with E-state index in [0.29, 0.717) is 18.2 Å². The summed E-state index contributed by atoms with van der Waals surface area (Å²) in [6.07, 6.45) is 2.81. The summed E-state index contributed by atoms with van der Waals surface area (Å²) in [4.78, 5) is 26.3. The van der Waals surface area contributed by atoms with E-state index >= 15 is 0 Å². The average Bonchev–Trinajstić information content (AvgIpc) is 3.38. The van der Waals surface area contributed by atoms with E-state index in [-0.39, 0.29) is 11.8 Å². The molecule has 162 valence electrons. The number of Topliss-reactive ketones (excluding diaryl/α,β-unsaturated/α-hetero) is 1. The van der Waals surface area contributed by atoms with Crippen molar-refractivity contribution in [3.05, 3.63) is 47.3 Å². The minimum Gasteiger partial charge on any atom is -0.481 e. The van der Waals surface area contributed by atoms with Gasteiger partial charge in [-0.05, 0) is 50.3 Å². The fourth-order valence-corrected chi connectivity index (χ4v) is 3.72. The molecule has 0 saturated heterocycles. The number of ketones is 1. The molecule has 8 nitrogen and oxygen atoms in total. The predicted molar refractivity (Wildman–Crippen MR) is 116 cm³/mol. The van der Waals surface area contributed by atoms with Crippen LogP contribution in [-0.4, -0.2) is 44.7 Å². The number of hydrogen-bond acceptors (Lipinski definition) is 5. The third kappa shape index (κ3) is 4.38. The summed E-state index contributed by atoms with van der Waals surface area (Å²) in [5.74, 6) is 2.32. The maximum atomic E-state index is 11.9. The molecule has 2 aliphatic rings. The minimum absolute atomic E-state index is 0.0255. The van der Waals surface area contributed by atoms with E-state index in [0.717, 1.165) is 53.0 Å². The maximum Gasteiger partial charge on any atom is 0.404 e. The zero-order valence-electron chi connectivity index (χ0n) is 17.9. The normalized spacial score (nSPS) is 14.9. The van der Waals surface area contributed by atoms with E-state index in [1.54, 1.807) is 25.5 Å². The lowest BCUT2D eigenvalue weighted by atomic mass is 10.0. The number of carbonyl (C=O) groups is 2. The highest BCUT2D eigenvalue weighted by Gasteiger charge is 2.29. The summed E-state index contributed by atoms with van der Waals surface area (Å²) in [5.41, 5.74) is 4.92. The summed E-state index contributed by atoms with van der Waals surface area (Å²) in [6.45, 7) is 3.54. The predicted octanol–water partition coefficient (Wildman–Crippen LogP) is 4.07. The van der Waals surface area contributed by atoms with Crippen molar-refractivity contribution in [1.29, 1.82) is 0 Å². The molecule has 0 spiro atoms. The Morgan fingerprint density at radius 2 is 1.94 bits per heavy atom. The number of benzene rings is 1. The molecular weight excluding hydrogens is 396 g/mol. The van der Waals surface area contributed by atoms with Gasteiger partial charge >= 0.3 is 6.09 Å². The lowest BCUT2D eigenvalue weighted by Crippen LogP contribution is -2.27. The number of rotatable bonds is 4. The first-order valence-electron chi connectivity index (χ1n) is 10.5. The van der Waals surface area contributed by atoms with Gasteiger partial charge < -0.3 is 15.2 Å². The van der Waals surface area contributed by atoms with E-state index in [1.807, 2.05) is 24.3 Å². The van der Waals surface area contributed by atoms with Crippen LogP contribution in [0.4, 0.5) is 4.79 Å². The number of nitrogens with one attached hydrogen (secondary N) is 1. The number of fused-ring (bicyclic) bond motifs is 2. The van der Waals surface area contributed by atoms with Crippen molar-refractivity contribution in [2.24, 2.45) is 0 Å². The lowest BCUT2D eigenvalue weighted by molar-refractivity contribution is 0.0994. The summed E-state index contributed by atoms with van der Waals surface area (Å²) in [7, 11) is 1.65. The van der Waals surface area contributed by atoms with Crippen LogP contribution in [0.25, 0.3) is 16.8 Å². The van der Waals surface area contributed by atoms with Crippen LogP contribution in [-0.2, 0) is 6.42 Å². The molecule has 8 heteroatoms. The van der Waals surface area contributed by atoms with E-state index in [1.165, 1.54) is 0 Å². The molecule has 5 rings (SSSR count). The SMILES string of the molecule is CC(C)NC(=O)O.COc1ccc(-c2ccc3c(c2)CCC3=O)c2nc(C3CC3)nn12. The Kier molecular flexibility index (Phi) is 5.63. The number of ether oxygens (including phenoxy) is 1. The van der Waals surface area contributed by atoms with Gasteiger partial charge in [0.2, 0.25) is 5.88 Å². The van der Waals surface area contributed by atoms with Crippen LogP contribution in [0, 0.1) is 0 Å². The van der Waals surface area contributed by atoms with Gasteiger partial charge in [0.25, 0.3) is 0 Å². The third-order valence-corrected chi connectivity index (χ3v) is 5.37. The number of amides is 1. The van der Waals surface area contributed by atoms with Crippen LogP contribution in [0.1, 0.15) is 60.8 Å². The molecule has 2 heterocycles. The van der Waals surface area contributed by atoms with Crippen LogP contribution < -0.4 is 10.1 Å². The van der Waals surface area contributed by atoms with Crippen LogP contribution in [0.3, 0.4) is 0 Å². The number of aromatic nitrogens is 3. The molecule has 2 N–H and O–H groups in total. The first-order chi connectivity index (χ1) is 14.9. The Bertz CT molecular complexity index is 1150. The number of methoxy groups -OCH3 is 1.